The molecule has 0 aliphatic carbocycles. The molecule has 2 rings (SSSR count). The average molecular weight is 338 g/mol. The van der Waals surface area contributed by atoms with Crippen molar-refractivity contribution in [2.45, 2.75) is 39.2 Å². The van der Waals surface area contributed by atoms with Gasteiger partial charge in [-0.25, -0.2) is 4.79 Å². The summed E-state index contributed by atoms with van der Waals surface area (Å²) in [5.41, 5.74) is 0.814. The van der Waals surface area contributed by atoms with Crippen LogP contribution in [0.25, 0.3) is 0 Å². The molecule has 1 heterocycles. The van der Waals surface area contributed by atoms with Crippen molar-refractivity contribution in [1.29, 1.82) is 0 Å². The molecule has 0 saturated carbocycles. The van der Waals surface area contributed by atoms with Gasteiger partial charge in [0.2, 0.25) is 5.91 Å². The topological polar surface area (TPSA) is 52.7 Å². The first kappa shape index (κ1) is 17.6. The first-order chi connectivity index (χ1) is 11.0. The first-order valence-corrected chi connectivity index (χ1v) is 8.54. The number of rotatable bonds is 6. The number of hydrogen-bond donors (Lipinski definition) is 1. The second-order valence-corrected chi connectivity index (χ2v) is 6.20. The van der Waals surface area contributed by atoms with E-state index in [1.165, 1.54) is 0 Å². The summed E-state index contributed by atoms with van der Waals surface area (Å²) in [5, 5.41) is 3.62. The summed E-state index contributed by atoms with van der Waals surface area (Å²) in [6.07, 6.45) is 2.37. The number of carbonyl (C=O) groups is 2. The molecule has 0 aromatic heterocycles. The quantitative estimate of drug-likeness (QED) is 0.866. The summed E-state index contributed by atoms with van der Waals surface area (Å²) in [6.45, 7) is 5.99. The van der Waals surface area contributed by atoms with Crippen molar-refractivity contribution < 1.29 is 9.59 Å². The minimum Gasteiger partial charge on any atom is -0.333 e. The molecule has 1 aliphatic heterocycles. The first-order valence-electron chi connectivity index (χ1n) is 8.16. The van der Waals surface area contributed by atoms with E-state index < -0.39 is 0 Å². The molecule has 1 fully saturated rings. The van der Waals surface area contributed by atoms with E-state index in [0.29, 0.717) is 24.5 Å². The van der Waals surface area contributed by atoms with Crippen LogP contribution in [0.2, 0.25) is 5.02 Å². The fourth-order valence-corrected chi connectivity index (χ4v) is 2.82. The van der Waals surface area contributed by atoms with Crippen molar-refractivity contribution in [1.82, 2.24) is 10.2 Å². The summed E-state index contributed by atoms with van der Waals surface area (Å²) in [4.78, 5) is 28.0. The number of halogens is 1. The number of carbonyl (C=O) groups excluding carboxylic acids is 2. The lowest BCUT2D eigenvalue weighted by Crippen LogP contribution is -2.46. The van der Waals surface area contributed by atoms with E-state index in [9.17, 15) is 9.59 Å². The molecule has 126 valence electrons. The number of unbranched alkanes of at least 4 members (excludes halogenated alkanes) is 1. The molecule has 0 unspecified atom stereocenters. The van der Waals surface area contributed by atoms with Crippen LogP contribution in [0, 0.1) is 0 Å². The van der Waals surface area contributed by atoms with Gasteiger partial charge in [-0.3, -0.25) is 4.79 Å². The van der Waals surface area contributed by atoms with E-state index in [-0.39, 0.29) is 18.0 Å². The van der Waals surface area contributed by atoms with Gasteiger partial charge in [0.1, 0.15) is 0 Å². The van der Waals surface area contributed by atoms with E-state index in [0.717, 1.165) is 25.1 Å². The largest absolute Gasteiger partial charge is 0.333 e. The third kappa shape index (κ3) is 4.61. The molecule has 1 N–H and O–H groups in total. The standard InChI is InChI=1S/C17H24ClN3O2/c1-3-5-10-20(4-2)17(23)19-14-11-16(22)21(12-14)15-8-6-13(18)7-9-15/h6-9,14H,3-5,10-12H2,1-2H3,(H,19,23)/t14-/m1/s1. The van der Waals surface area contributed by atoms with Gasteiger partial charge in [-0.05, 0) is 37.6 Å². The molecule has 0 radical (unpaired) electrons. The third-order valence-corrected chi connectivity index (χ3v) is 4.29. The van der Waals surface area contributed by atoms with Gasteiger partial charge < -0.3 is 15.1 Å². The number of anilines is 1. The lowest BCUT2D eigenvalue weighted by atomic mass is 10.2. The SMILES string of the molecule is CCCCN(CC)C(=O)N[C@@H]1CC(=O)N(c2ccc(Cl)cc2)C1. The molecule has 3 amide bonds. The maximum absolute atomic E-state index is 12.3. The van der Waals surface area contributed by atoms with Crippen LogP contribution in [0.3, 0.4) is 0 Å². The average Bonchev–Trinajstić information content (AvgIpc) is 2.89. The summed E-state index contributed by atoms with van der Waals surface area (Å²) in [6, 6.07) is 6.94. The van der Waals surface area contributed by atoms with Crippen LogP contribution in [0.1, 0.15) is 33.1 Å². The fraction of sp³-hybridized carbons (Fsp3) is 0.529. The second kappa shape index (κ2) is 8.20. The predicted molar refractivity (Wildman–Crippen MR) is 92.9 cm³/mol. The lowest BCUT2D eigenvalue weighted by Gasteiger charge is -2.23. The van der Waals surface area contributed by atoms with Gasteiger partial charge in [0.15, 0.2) is 0 Å². The normalized spacial score (nSPS) is 17.4. The van der Waals surface area contributed by atoms with E-state index in [1.54, 1.807) is 21.9 Å². The number of hydrogen-bond acceptors (Lipinski definition) is 2. The summed E-state index contributed by atoms with van der Waals surface area (Å²) in [5.74, 6) is 0.0224. The van der Waals surface area contributed by atoms with Crippen LogP contribution in [0.4, 0.5) is 10.5 Å². The maximum atomic E-state index is 12.3. The monoisotopic (exact) mass is 337 g/mol. The zero-order valence-corrected chi connectivity index (χ0v) is 14.5. The Labute approximate surface area is 142 Å². The Morgan fingerprint density at radius 1 is 1.35 bits per heavy atom. The highest BCUT2D eigenvalue weighted by molar-refractivity contribution is 6.30. The fourth-order valence-electron chi connectivity index (χ4n) is 2.69. The Morgan fingerprint density at radius 3 is 2.65 bits per heavy atom. The van der Waals surface area contributed by atoms with E-state index >= 15 is 0 Å². The van der Waals surface area contributed by atoms with Crippen LogP contribution >= 0.6 is 11.6 Å². The molecule has 1 aliphatic rings. The molecule has 1 atom stereocenters. The Morgan fingerprint density at radius 2 is 2.04 bits per heavy atom. The number of nitrogens with zero attached hydrogens (tertiary/aromatic N) is 2. The molecule has 23 heavy (non-hydrogen) atoms. The molecule has 1 saturated heterocycles. The van der Waals surface area contributed by atoms with Crippen LogP contribution in [0.5, 0.6) is 0 Å². The smallest absolute Gasteiger partial charge is 0.317 e. The third-order valence-electron chi connectivity index (χ3n) is 4.04. The minimum atomic E-state index is -0.152. The zero-order chi connectivity index (χ0) is 16.8. The highest BCUT2D eigenvalue weighted by atomic mass is 35.5. The Kier molecular flexibility index (Phi) is 6.28. The molecule has 5 nitrogen and oxygen atoms in total. The molecule has 1 aromatic rings. The van der Waals surface area contributed by atoms with Crippen LogP contribution in [-0.2, 0) is 4.79 Å². The molecule has 0 spiro atoms. The minimum absolute atomic E-state index is 0.0224. The molecule has 1 aromatic carbocycles. The van der Waals surface area contributed by atoms with Gasteiger partial charge >= 0.3 is 6.03 Å². The predicted octanol–water partition coefficient (Wildman–Crippen LogP) is 3.28. The molecule has 0 bridgehead atoms. The van der Waals surface area contributed by atoms with Crippen LogP contribution in [-0.4, -0.2) is 42.5 Å². The van der Waals surface area contributed by atoms with Crippen molar-refractivity contribution >= 4 is 29.2 Å². The number of nitrogens with one attached hydrogen (secondary N) is 1. The van der Waals surface area contributed by atoms with Crippen LogP contribution in [0.15, 0.2) is 24.3 Å². The Balaban J connectivity index is 1.94. The van der Waals surface area contributed by atoms with Gasteiger partial charge in [-0.15, -0.1) is 0 Å². The van der Waals surface area contributed by atoms with Gasteiger partial charge in [-0.1, -0.05) is 24.9 Å². The maximum Gasteiger partial charge on any atom is 0.317 e. The Hall–Kier alpha value is -1.75. The van der Waals surface area contributed by atoms with Gasteiger partial charge in [0, 0.05) is 36.8 Å². The van der Waals surface area contributed by atoms with Crippen LogP contribution < -0.4 is 10.2 Å². The van der Waals surface area contributed by atoms with Crippen molar-refractivity contribution in [3.05, 3.63) is 29.3 Å². The summed E-state index contributed by atoms with van der Waals surface area (Å²) < 4.78 is 0. The number of urea groups is 1. The van der Waals surface area contributed by atoms with Gasteiger partial charge in [0.05, 0.1) is 6.04 Å². The van der Waals surface area contributed by atoms with Gasteiger partial charge in [-0.2, -0.15) is 0 Å². The van der Waals surface area contributed by atoms with Crippen molar-refractivity contribution in [2.24, 2.45) is 0 Å². The Bertz CT molecular complexity index is 547. The van der Waals surface area contributed by atoms with Gasteiger partial charge in [0.25, 0.3) is 0 Å². The van der Waals surface area contributed by atoms with Crippen molar-refractivity contribution in [2.75, 3.05) is 24.5 Å². The molecular formula is C17H24ClN3O2. The summed E-state index contributed by atoms with van der Waals surface area (Å²) in [7, 11) is 0. The van der Waals surface area contributed by atoms with Crippen molar-refractivity contribution in [3.8, 4) is 0 Å². The van der Waals surface area contributed by atoms with E-state index in [4.69, 9.17) is 11.6 Å². The molecular weight excluding hydrogens is 314 g/mol. The highest BCUT2D eigenvalue weighted by Gasteiger charge is 2.32. The van der Waals surface area contributed by atoms with Crippen molar-refractivity contribution in [3.63, 3.8) is 0 Å². The molecule has 6 heteroatoms. The highest BCUT2D eigenvalue weighted by Crippen LogP contribution is 2.23. The van der Waals surface area contributed by atoms with E-state index in [2.05, 4.69) is 12.2 Å². The lowest BCUT2D eigenvalue weighted by molar-refractivity contribution is -0.117. The number of amides is 3. The zero-order valence-electron chi connectivity index (χ0n) is 13.7. The van der Waals surface area contributed by atoms with E-state index in [1.807, 2.05) is 19.1 Å². The number of benzene rings is 1. The second-order valence-electron chi connectivity index (χ2n) is 5.76. The summed E-state index contributed by atoms with van der Waals surface area (Å²) >= 11 is 5.88.